The summed E-state index contributed by atoms with van der Waals surface area (Å²) in [5.41, 5.74) is 0. The fraction of sp³-hybridized carbons (Fsp3) is 0.533. The van der Waals surface area contributed by atoms with Crippen LogP contribution in [0.2, 0.25) is 5.02 Å². The van der Waals surface area contributed by atoms with Crippen molar-refractivity contribution in [2.24, 2.45) is 5.92 Å². The van der Waals surface area contributed by atoms with Gasteiger partial charge in [0, 0.05) is 11.1 Å². The molecule has 5 nitrogen and oxygen atoms in total. The van der Waals surface area contributed by atoms with Crippen LogP contribution in [-0.4, -0.2) is 27.5 Å². The van der Waals surface area contributed by atoms with Crippen molar-refractivity contribution >= 4 is 27.6 Å². The van der Waals surface area contributed by atoms with E-state index < -0.39 is 22.0 Å². The highest BCUT2D eigenvalue weighted by Gasteiger charge is 2.33. The van der Waals surface area contributed by atoms with Gasteiger partial charge in [0.2, 0.25) is 10.0 Å². The molecule has 1 N–H and O–H groups in total. The first-order valence-corrected chi connectivity index (χ1v) is 9.16. The van der Waals surface area contributed by atoms with Crippen molar-refractivity contribution in [1.29, 1.82) is 0 Å². The molecular weight excluding hydrogens is 326 g/mol. The smallest absolute Gasteiger partial charge is 0.310 e. The first-order chi connectivity index (χ1) is 10.4. The van der Waals surface area contributed by atoms with E-state index >= 15 is 0 Å². The Bertz CT molecular complexity index is 615. The lowest BCUT2D eigenvalue weighted by Crippen LogP contribution is -2.43. The summed E-state index contributed by atoms with van der Waals surface area (Å²) in [6.45, 7) is 0. The van der Waals surface area contributed by atoms with Crippen molar-refractivity contribution in [2.45, 2.75) is 43.0 Å². The van der Waals surface area contributed by atoms with Gasteiger partial charge in [-0.1, -0.05) is 30.9 Å². The van der Waals surface area contributed by atoms with E-state index in [2.05, 4.69) is 4.72 Å². The molecule has 1 aliphatic rings. The Morgan fingerprint density at radius 2 is 1.82 bits per heavy atom. The molecule has 2 rings (SSSR count). The highest BCUT2D eigenvalue weighted by Crippen LogP contribution is 2.26. The molecule has 0 heterocycles. The number of rotatable bonds is 4. The van der Waals surface area contributed by atoms with Crippen LogP contribution < -0.4 is 4.72 Å². The predicted octanol–water partition coefficient (Wildman–Crippen LogP) is 2.74. The molecule has 1 aromatic rings. The summed E-state index contributed by atoms with van der Waals surface area (Å²) in [7, 11) is -2.35. The average molecular weight is 346 g/mol. The summed E-state index contributed by atoms with van der Waals surface area (Å²) >= 11 is 5.78. The van der Waals surface area contributed by atoms with Crippen LogP contribution in [0, 0.1) is 5.92 Å². The fourth-order valence-corrected chi connectivity index (χ4v) is 4.20. The molecule has 122 valence electrons. The van der Waals surface area contributed by atoms with Crippen molar-refractivity contribution in [3.63, 3.8) is 0 Å². The Kier molecular flexibility index (Phi) is 5.83. The van der Waals surface area contributed by atoms with Crippen molar-refractivity contribution < 1.29 is 17.9 Å². The van der Waals surface area contributed by atoms with Crippen LogP contribution in [0.25, 0.3) is 0 Å². The first kappa shape index (κ1) is 17.2. The van der Waals surface area contributed by atoms with E-state index in [9.17, 15) is 13.2 Å². The van der Waals surface area contributed by atoms with Gasteiger partial charge in [-0.2, -0.15) is 0 Å². The van der Waals surface area contributed by atoms with Gasteiger partial charge >= 0.3 is 5.97 Å². The summed E-state index contributed by atoms with van der Waals surface area (Å²) in [5.74, 6) is -0.791. The summed E-state index contributed by atoms with van der Waals surface area (Å²) in [5, 5.41) is 0.473. The molecule has 0 bridgehead atoms. The molecule has 1 fully saturated rings. The molecule has 1 saturated carbocycles. The Balaban J connectivity index is 2.21. The zero-order valence-corrected chi connectivity index (χ0v) is 14.0. The van der Waals surface area contributed by atoms with Crippen LogP contribution in [0.4, 0.5) is 0 Å². The number of benzene rings is 1. The van der Waals surface area contributed by atoms with Gasteiger partial charge in [0.25, 0.3) is 0 Å². The monoisotopic (exact) mass is 345 g/mol. The van der Waals surface area contributed by atoms with E-state index in [4.69, 9.17) is 16.3 Å². The van der Waals surface area contributed by atoms with E-state index in [0.717, 1.165) is 19.3 Å². The molecule has 0 spiro atoms. The van der Waals surface area contributed by atoms with Crippen LogP contribution in [0.1, 0.15) is 32.1 Å². The van der Waals surface area contributed by atoms with Gasteiger partial charge in [-0.25, -0.2) is 13.1 Å². The van der Waals surface area contributed by atoms with Crippen LogP contribution >= 0.6 is 11.6 Å². The van der Waals surface area contributed by atoms with Gasteiger partial charge in [0.05, 0.1) is 17.9 Å². The summed E-state index contributed by atoms with van der Waals surface area (Å²) < 4.78 is 32.4. The standard InChI is InChI=1S/C15H20ClNO4S/c1-21-15(18)13-5-3-2-4-6-14(13)17-22(19,20)12-9-7-11(16)8-10-12/h7-10,13-14,17H,2-6H2,1H3. The molecule has 7 heteroatoms. The lowest BCUT2D eigenvalue weighted by Gasteiger charge is -2.24. The van der Waals surface area contributed by atoms with Gasteiger partial charge in [-0.05, 0) is 37.1 Å². The van der Waals surface area contributed by atoms with Crippen molar-refractivity contribution in [2.75, 3.05) is 7.11 Å². The number of carbonyl (C=O) groups is 1. The third-order valence-electron chi connectivity index (χ3n) is 3.95. The van der Waals surface area contributed by atoms with Crippen LogP contribution in [0.3, 0.4) is 0 Å². The van der Waals surface area contributed by atoms with Gasteiger partial charge in [0.15, 0.2) is 0 Å². The van der Waals surface area contributed by atoms with Crippen LogP contribution in [0.15, 0.2) is 29.2 Å². The number of nitrogens with one attached hydrogen (secondary N) is 1. The van der Waals surface area contributed by atoms with Gasteiger partial charge in [0.1, 0.15) is 0 Å². The quantitative estimate of drug-likeness (QED) is 0.672. The number of methoxy groups -OCH3 is 1. The van der Waals surface area contributed by atoms with E-state index in [0.29, 0.717) is 17.9 Å². The molecule has 0 aromatic heterocycles. The minimum absolute atomic E-state index is 0.143. The highest BCUT2D eigenvalue weighted by molar-refractivity contribution is 7.89. The second-order valence-electron chi connectivity index (χ2n) is 5.45. The minimum atomic E-state index is -3.68. The molecule has 1 aromatic carbocycles. The van der Waals surface area contributed by atoms with Gasteiger partial charge in [-0.3, -0.25) is 4.79 Å². The lowest BCUT2D eigenvalue weighted by molar-refractivity contribution is -0.146. The number of esters is 1. The normalized spacial score (nSPS) is 22.8. The molecule has 2 atom stereocenters. The van der Waals surface area contributed by atoms with Crippen molar-refractivity contribution in [1.82, 2.24) is 4.72 Å². The highest BCUT2D eigenvalue weighted by atomic mass is 35.5. The van der Waals surface area contributed by atoms with Gasteiger partial charge < -0.3 is 4.74 Å². The largest absolute Gasteiger partial charge is 0.469 e. The third kappa shape index (κ3) is 4.21. The number of ether oxygens (including phenoxy) is 1. The van der Waals surface area contributed by atoms with Crippen LogP contribution in [-0.2, 0) is 19.6 Å². The summed E-state index contributed by atoms with van der Waals surface area (Å²) in [6, 6.07) is 5.53. The molecule has 0 saturated heterocycles. The maximum absolute atomic E-state index is 12.5. The minimum Gasteiger partial charge on any atom is -0.469 e. The maximum atomic E-state index is 12.5. The number of sulfonamides is 1. The van der Waals surface area contributed by atoms with E-state index in [1.807, 2.05) is 0 Å². The van der Waals surface area contributed by atoms with E-state index in [1.165, 1.54) is 31.4 Å². The Labute approximate surface area is 136 Å². The number of hydrogen-bond acceptors (Lipinski definition) is 4. The topological polar surface area (TPSA) is 72.5 Å². The lowest BCUT2D eigenvalue weighted by atomic mass is 9.96. The molecular formula is C15H20ClNO4S. The summed E-state index contributed by atoms with van der Waals surface area (Å²) in [4.78, 5) is 12.1. The molecule has 1 aliphatic carbocycles. The predicted molar refractivity (Wildman–Crippen MR) is 84.2 cm³/mol. The van der Waals surface area contributed by atoms with E-state index in [1.54, 1.807) is 0 Å². The Hall–Kier alpha value is -1.11. The third-order valence-corrected chi connectivity index (χ3v) is 5.71. The van der Waals surface area contributed by atoms with Gasteiger partial charge in [-0.15, -0.1) is 0 Å². The fourth-order valence-electron chi connectivity index (χ4n) is 2.76. The first-order valence-electron chi connectivity index (χ1n) is 7.30. The Morgan fingerprint density at radius 3 is 2.45 bits per heavy atom. The second-order valence-corrected chi connectivity index (χ2v) is 7.60. The number of hydrogen-bond donors (Lipinski definition) is 1. The molecule has 2 unspecified atom stereocenters. The van der Waals surface area contributed by atoms with Crippen molar-refractivity contribution in [3.8, 4) is 0 Å². The molecule has 0 aliphatic heterocycles. The summed E-state index contributed by atoms with van der Waals surface area (Å²) in [6.07, 6.45) is 4.06. The second kappa shape index (κ2) is 7.44. The zero-order valence-electron chi connectivity index (χ0n) is 12.4. The van der Waals surface area contributed by atoms with Crippen molar-refractivity contribution in [3.05, 3.63) is 29.3 Å². The SMILES string of the molecule is COC(=O)C1CCCCCC1NS(=O)(=O)c1ccc(Cl)cc1. The Morgan fingerprint density at radius 1 is 1.18 bits per heavy atom. The molecule has 0 amide bonds. The van der Waals surface area contributed by atoms with E-state index in [-0.39, 0.29) is 10.9 Å². The maximum Gasteiger partial charge on any atom is 0.310 e. The average Bonchev–Trinajstić information content (AvgIpc) is 2.72. The number of halogens is 1. The molecule has 22 heavy (non-hydrogen) atoms. The molecule has 0 radical (unpaired) electrons. The zero-order chi connectivity index (χ0) is 16.2. The number of carbonyl (C=O) groups excluding carboxylic acids is 1. The van der Waals surface area contributed by atoms with Crippen LogP contribution in [0.5, 0.6) is 0 Å².